The quantitative estimate of drug-likeness (QED) is 0.783. The highest BCUT2D eigenvalue weighted by Gasteiger charge is 2.43. The number of nitrogens with one attached hydrogen (secondary N) is 1. The molecule has 0 amide bonds. The van der Waals surface area contributed by atoms with Gasteiger partial charge in [-0.1, -0.05) is 0 Å². The largest absolute Gasteiger partial charge is 0.324 e. The highest BCUT2D eigenvalue weighted by Crippen LogP contribution is 2.40. The molecule has 3 aliphatic heterocycles. The zero-order valence-corrected chi connectivity index (χ0v) is 13.3. The Morgan fingerprint density at radius 1 is 1.20 bits per heavy atom. The first-order valence-corrected chi connectivity index (χ1v) is 8.35. The van der Waals surface area contributed by atoms with Crippen molar-refractivity contribution in [2.75, 3.05) is 53.4 Å². The van der Waals surface area contributed by atoms with E-state index in [0.717, 1.165) is 12.5 Å². The van der Waals surface area contributed by atoms with E-state index in [0.29, 0.717) is 5.41 Å². The molecule has 0 radical (unpaired) electrons. The van der Waals surface area contributed by atoms with E-state index < -0.39 is 0 Å². The van der Waals surface area contributed by atoms with Crippen LogP contribution in [0.5, 0.6) is 0 Å². The Balaban J connectivity index is 1.64. The summed E-state index contributed by atoms with van der Waals surface area (Å²) in [5.41, 5.74) is 7.33. The second-order valence-electron chi connectivity index (χ2n) is 8.10. The van der Waals surface area contributed by atoms with Crippen LogP contribution < -0.4 is 11.1 Å². The summed E-state index contributed by atoms with van der Waals surface area (Å²) in [5, 5.41) is 3.58. The molecule has 0 aromatic rings. The van der Waals surface area contributed by atoms with Gasteiger partial charge < -0.3 is 20.9 Å². The predicted octanol–water partition coefficient (Wildman–Crippen LogP) is 0.731. The van der Waals surface area contributed by atoms with Gasteiger partial charge in [0.2, 0.25) is 0 Å². The minimum atomic E-state index is 0.0586. The minimum absolute atomic E-state index is 0.0586. The summed E-state index contributed by atoms with van der Waals surface area (Å²) < 4.78 is 0. The van der Waals surface area contributed by atoms with E-state index >= 15 is 0 Å². The molecule has 3 N–H and O–H groups in total. The van der Waals surface area contributed by atoms with E-state index in [2.05, 4.69) is 29.2 Å². The summed E-state index contributed by atoms with van der Waals surface area (Å²) in [5.74, 6) is 0.783. The first-order chi connectivity index (χ1) is 9.49. The number of nitrogens with two attached hydrogens (primary N) is 1. The third-order valence-electron chi connectivity index (χ3n) is 5.72. The van der Waals surface area contributed by atoms with Crippen LogP contribution in [0.1, 0.15) is 32.1 Å². The van der Waals surface area contributed by atoms with Crippen molar-refractivity contribution in [1.82, 2.24) is 15.1 Å². The Kier molecular flexibility index (Phi) is 4.10. The van der Waals surface area contributed by atoms with Gasteiger partial charge in [0.05, 0.1) is 0 Å². The molecular weight excluding hydrogens is 248 g/mol. The topological polar surface area (TPSA) is 44.5 Å². The molecule has 3 unspecified atom stereocenters. The van der Waals surface area contributed by atoms with E-state index in [1.54, 1.807) is 0 Å². The molecule has 3 rings (SSSR count). The van der Waals surface area contributed by atoms with Crippen LogP contribution in [0, 0.1) is 11.3 Å². The van der Waals surface area contributed by atoms with Gasteiger partial charge in [0.15, 0.2) is 0 Å². The highest BCUT2D eigenvalue weighted by atomic mass is 15.1. The minimum Gasteiger partial charge on any atom is -0.324 e. The summed E-state index contributed by atoms with van der Waals surface area (Å²) in [7, 11) is 4.51. The fourth-order valence-electron chi connectivity index (χ4n) is 5.20. The first kappa shape index (κ1) is 14.8. The van der Waals surface area contributed by atoms with Crippen LogP contribution in [-0.2, 0) is 0 Å². The molecular formula is C16H32N4. The second kappa shape index (κ2) is 5.56. The fourth-order valence-corrected chi connectivity index (χ4v) is 5.20. The van der Waals surface area contributed by atoms with Crippen molar-refractivity contribution < 1.29 is 0 Å². The van der Waals surface area contributed by atoms with Gasteiger partial charge in [-0.15, -0.1) is 0 Å². The predicted molar refractivity (Wildman–Crippen MR) is 83.8 cm³/mol. The Hall–Kier alpha value is -0.160. The standard InChI is InChI=1S/C16H32N4/c1-19-7-3-4-16(17,13-19)9-14-8-15(5-6-18-11-15)12-20(2)10-14/h14,18H,3-13,17H2,1-2H3. The monoisotopic (exact) mass is 280 g/mol. The molecule has 20 heavy (non-hydrogen) atoms. The molecule has 0 saturated carbocycles. The Bertz CT molecular complexity index is 339. The lowest BCUT2D eigenvalue weighted by atomic mass is 9.70. The van der Waals surface area contributed by atoms with Gasteiger partial charge in [0.1, 0.15) is 0 Å². The van der Waals surface area contributed by atoms with Crippen LogP contribution in [0.3, 0.4) is 0 Å². The average Bonchev–Trinajstić information content (AvgIpc) is 2.74. The summed E-state index contributed by atoms with van der Waals surface area (Å²) in [4.78, 5) is 4.97. The van der Waals surface area contributed by atoms with E-state index in [4.69, 9.17) is 5.73 Å². The molecule has 0 aromatic carbocycles. The number of likely N-dealkylation sites (N-methyl/N-ethyl adjacent to an activating group) is 1. The Morgan fingerprint density at radius 3 is 2.75 bits per heavy atom. The van der Waals surface area contributed by atoms with Gasteiger partial charge in [0, 0.05) is 31.7 Å². The lowest BCUT2D eigenvalue weighted by Crippen LogP contribution is -2.56. The van der Waals surface area contributed by atoms with Crippen molar-refractivity contribution in [3.8, 4) is 0 Å². The maximum atomic E-state index is 6.74. The molecule has 0 aliphatic carbocycles. The molecule has 116 valence electrons. The normalized spacial score (nSPS) is 44.2. The van der Waals surface area contributed by atoms with Crippen molar-refractivity contribution in [2.24, 2.45) is 17.1 Å². The van der Waals surface area contributed by atoms with Gasteiger partial charge in [0.25, 0.3) is 0 Å². The van der Waals surface area contributed by atoms with Crippen molar-refractivity contribution in [3.63, 3.8) is 0 Å². The third-order valence-corrected chi connectivity index (χ3v) is 5.72. The molecule has 4 heteroatoms. The zero-order valence-electron chi connectivity index (χ0n) is 13.3. The molecule has 0 aromatic heterocycles. The van der Waals surface area contributed by atoms with E-state index in [1.165, 1.54) is 64.8 Å². The van der Waals surface area contributed by atoms with Crippen LogP contribution in [0.15, 0.2) is 0 Å². The van der Waals surface area contributed by atoms with Crippen LogP contribution in [0.4, 0.5) is 0 Å². The zero-order chi connectivity index (χ0) is 14.2. The SMILES string of the molecule is CN1CCCC(N)(CC2CN(C)CC3(CCNC3)C2)C1. The second-order valence-corrected chi connectivity index (χ2v) is 8.10. The molecule has 4 nitrogen and oxygen atoms in total. The number of likely N-dealkylation sites (tertiary alicyclic amines) is 2. The fraction of sp³-hybridized carbons (Fsp3) is 1.00. The van der Waals surface area contributed by atoms with Crippen molar-refractivity contribution in [1.29, 1.82) is 0 Å². The Morgan fingerprint density at radius 2 is 2.05 bits per heavy atom. The molecule has 3 fully saturated rings. The smallest absolute Gasteiger partial charge is 0.0286 e. The highest BCUT2D eigenvalue weighted by molar-refractivity contribution is 4.99. The van der Waals surface area contributed by atoms with Crippen LogP contribution in [0.25, 0.3) is 0 Å². The molecule has 3 heterocycles. The average molecular weight is 280 g/mol. The maximum Gasteiger partial charge on any atom is 0.0286 e. The lowest BCUT2D eigenvalue weighted by molar-refractivity contribution is 0.0526. The van der Waals surface area contributed by atoms with Crippen LogP contribution >= 0.6 is 0 Å². The lowest BCUT2D eigenvalue weighted by Gasteiger charge is -2.47. The number of hydrogen-bond acceptors (Lipinski definition) is 4. The van der Waals surface area contributed by atoms with Gasteiger partial charge in [-0.25, -0.2) is 0 Å². The number of piperidine rings is 2. The molecule has 3 saturated heterocycles. The van der Waals surface area contributed by atoms with Crippen LogP contribution in [-0.4, -0.2) is 68.7 Å². The molecule has 3 atom stereocenters. The Labute approximate surface area is 124 Å². The summed E-state index contributed by atoms with van der Waals surface area (Å²) in [6.45, 7) is 7.23. The molecule has 3 aliphatic rings. The summed E-state index contributed by atoms with van der Waals surface area (Å²) in [6.07, 6.45) is 6.42. The van der Waals surface area contributed by atoms with Gasteiger partial charge in [-0.2, -0.15) is 0 Å². The summed E-state index contributed by atoms with van der Waals surface area (Å²) >= 11 is 0. The van der Waals surface area contributed by atoms with E-state index in [-0.39, 0.29) is 5.54 Å². The van der Waals surface area contributed by atoms with Gasteiger partial charge in [-0.05, 0) is 70.6 Å². The number of hydrogen-bond donors (Lipinski definition) is 2. The van der Waals surface area contributed by atoms with E-state index in [9.17, 15) is 0 Å². The van der Waals surface area contributed by atoms with Crippen molar-refractivity contribution in [3.05, 3.63) is 0 Å². The third kappa shape index (κ3) is 3.19. The van der Waals surface area contributed by atoms with Gasteiger partial charge in [-0.3, -0.25) is 0 Å². The van der Waals surface area contributed by atoms with Crippen molar-refractivity contribution >= 4 is 0 Å². The first-order valence-electron chi connectivity index (χ1n) is 8.35. The van der Waals surface area contributed by atoms with Gasteiger partial charge >= 0.3 is 0 Å². The van der Waals surface area contributed by atoms with Crippen molar-refractivity contribution in [2.45, 2.75) is 37.6 Å². The number of nitrogens with zero attached hydrogens (tertiary/aromatic N) is 2. The molecule has 0 bridgehead atoms. The number of rotatable bonds is 2. The van der Waals surface area contributed by atoms with Crippen LogP contribution in [0.2, 0.25) is 0 Å². The van der Waals surface area contributed by atoms with E-state index in [1.807, 2.05) is 0 Å². The maximum absolute atomic E-state index is 6.74. The molecule has 1 spiro atoms. The summed E-state index contributed by atoms with van der Waals surface area (Å²) in [6, 6.07) is 0.